The van der Waals surface area contributed by atoms with Crippen molar-refractivity contribution in [3.8, 4) is 11.9 Å². The molecule has 16 heavy (non-hydrogen) atoms. The second kappa shape index (κ2) is 4.32. The molecule has 0 aliphatic heterocycles. The Morgan fingerprint density at radius 1 is 1.19 bits per heavy atom. The first-order valence-electron chi connectivity index (χ1n) is 4.74. The molecule has 1 amide bonds. The van der Waals surface area contributed by atoms with Crippen molar-refractivity contribution in [2.45, 2.75) is 0 Å². The van der Waals surface area contributed by atoms with Crippen LogP contribution in [0.25, 0.3) is 5.69 Å². The van der Waals surface area contributed by atoms with E-state index in [2.05, 4.69) is 5.32 Å². The molecule has 4 nitrogen and oxygen atoms in total. The van der Waals surface area contributed by atoms with Gasteiger partial charge in [0.25, 0.3) is 5.91 Å². The van der Waals surface area contributed by atoms with Gasteiger partial charge in [0.2, 0.25) is 0 Å². The number of carbonyl (C=O) groups is 1. The highest BCUT2D eigenvalue weighted by Gasteiger charge is 2.03. The first-order chi connectivity index (χ1) is 7.81. The summed E-state index contributed by atoms with van der Waals surface area (Å²) in [6.45, 7) is 0. The molecule has 0 unspecified atom stereocenters. The number of nitrogens with zero attached hydrogens (tertiary/aromatic N) is 2. The summed E-state index contributed by atoms with van der Waals surface area (Å²) >= 11 is 0. The highest BCUT2D eigenvalue weighted by molar-refractivity contribution is 5.95. The van der Waals surface area contributed by atoms with Crippen LogP contribution in [0.3, 0.4) is 0 Å². The third kappa shape index (κ3) is 1.93. The smallest absolute Gasteiger partial charge is 0.264 e. The van der Waals surface area contributed by atoms with Gasteiger partial charge in [-0.25, -0.2) is 0 Å². The van der Waals surface area contributed by atoms with Crippen LogP contribution in [-0.2, 0) is 0 Å². The predicted octanol–water partition coefficient (Wildman–Crippen LogP) is 1.69. The van der Waals surface area contributed by atoms with Crippen molar-refractivity contribution in [3.05, 3.63) is 54.4 Å². The average molecular weight is 211 g/mol. The Balaban J connectivity index is 2.24. The van der Waals surface area contributed by atoms with E-state index in [0.29, 0.717) is 5.56 Å². The standard InChI is InChI=1S/C12H9N3O/c13-9-14-12(16)10-3-5-11(6-4-10)15-7-1-2-8-15/h1-8H,(H,14,16). The molecular formula is C12H9N3O. The second-order valence-electron chi connectivity index (χ2n) is 3.20. The summed E-state index contributed by atoms with van der Waals surface area (Å²) in [4.78, 5) is 11.3. The molecule has 2 aromatic rings. The van der Waals surface area contributed by atoms with Crippen molar-refractivity contribution in [1.82, 2.24) is 9.88 Å². The van der Waals surface area contributed by atoms with Crippen LogP contribution in [0.15, 0.2) is 48.8 Å². The minimum atomic E-state index is -0.387. The van der Waals surface area contributed by atoms with Crippen molar-refractivity contribution in [2.24, 2.45) is 0 Å². The highest BCUT2D eigenvalue weighted by Crippen LogP contribution is 2.09. The van der Waals surface area contributed by atoms with Crippen LogP contribution in [0, 0.1) is 11.5 Å². The molecule has 0 atom stereocenters. The summed E-state index contributed by atoms with van der Waals surface area (Å²) in [7, 11) is 0. The highest BCUT2D eigenvalue weighted by atomic mass is 16.1. The lowest BCUT2D eigenvalue weighted by molar-refractivity contribution is 0.0973. The molecule has 4 heteroatoms. The molecule has 0 bridgehead atoms. The summed E-state index contributed by atoms with van der Waals surface area (Å²) in [6.07, 6.45) is 5.45. The van der Waals surface area contributed by atoms with Gasteiger partial charge in [0.05, 0.1) is 0 Å². The Hall–Kier alpha value is -2.54. The first-order valence-corrected chi connectivity index (χ1v) is 4.74. The first kappa shape index (κ1) is 9.99. The largest absolute Gasteiger partial charge is 0.324 e. The zero-order valence-electron chi connectivity index (χ0n) is 8.42. The zero-order chi connectivity index (χ0) is 11.4. The van der Waals surface area contributed by atoms with Gasteiger partial charge in [-0.2, -0.15) is 5.26 Å². The normalized spacial score (nSPS) is 9.44. The van der Waals surface area contributed by atoms with Crippen LogP contribution >= 0.6 is 0 Å². The van der Waals surface area contributed by atoms with Gasteiger partial charge in [0.15, 0.2) is 6.19 Å². The topological polar surface area (TPSA) is 57.8 Å². The second-order valence-corrected chi connectivity index (χ2v) is 3.20. The van der Waals surface area contributed by atoms with E-state index in [0.717, 1.165) is 5.69 Å². The van der Waals surface area contributed by atoms with E-state index in [9.17, 15) is 4.79 Å². The lowest BCUT2D eigenvalue weighted by atomic mass is 10.2. The number of hydrogen-bond acceptors (Lipinski definition) is 2. The Morgan fingerprint density at radius 3 is 2.38 bits per heavy atom. The molecule has 78 valence electrons. The number of amides is 1. The number of aromatic nitrogens is 1. The van der Waals surface area contributed by atoms with Crippen LogP contribution in [0.5, 0.6) is 0 Å². The van der Waals surface area contributed by atoms with Crippen LogP contribution in [0.2, 0.25) is 0 Å². The maximum atomic E-state index is 11.3. The minimum absolute atomic E-state index is 0.387. The number of carbonyl (C=O) groups excluding carboxylic acids is 1. The molecule has 0 aliphatic rings. The van der Waals surface area contributed by atoms with Crippen molar-refractivity contribution in [2.75, 3.05) is 0 Å². The zero-order valence-corrected chi connectivity index (χ0v) is 8.42. The van der Waals surface area contributed by atoms with Crippen LogP contribution < -0.4 is 5.32 Å². The fraction of sp³-hybridized carbons (Fsp3) is 0. The van der Waals surface area contributed by atoms with E-state index >= 15 is 0 Å². The molecule has 1 aromatic carbocycles. The van der Waals surface area contributed by atoms with Gasteiger partial charge in [-0.05, 0) is 36.4 Å². The van der Waals surface area contributed by atoms with Gasteiger partial charge in [-0.3, -0.25) is 10.1 Å². The van der Waals surface area contributed by atoms with E-state index in [4.69, 9.17) is 5.26 Å². The maximum Gasteiger partial charge on any atom is 0.264 e. The summed E-state index contributed by atoms with van der Waals surface area (Å²) < 4.78 is 1.94. The molecule has 1 heterocycles. The van der Waals surface area contributed by atoms with Crippen LogP contribution in [0.4, 0.5) is 0 Å². The number of benzene rings is 1. The Kier molecular flexibility index (Phi) is 2.70. The summed E-state index contributed by atoms with van der Waals surface area (Å²) in [5.74, 6) is -0.387. The molecule has 0 fully saturated rings. The van der Waals surface area contributed by atoms with Gasteiger partial charge in [-0.1, -0.05) is 0 Å². The van der Waals surface area contributed by atoms with Crippen LogP contribution in [-0.4, -0.2) is 10.5 Å². The molecular weight excluding hydrogens is 202 g/mol. The number of rotatable bonds is 2. The van der Waals surface area contributed by atoms with Gasteiger partial charge in [0, 0.05) is 23.6 Å². The van der Waals surface area contributed by atoms with Gasteiger partial charge in [0.1, 0.15) is 0 Å². The van der Waals surface area contributed by atoms with Gasteiger partial charge >= 0.3 is 0 Å². The lowest BCUT2D eigenvalue weighted by Gasteiger charge is -2.03. The van der Waals surface area contributed by atoms with Crippen molar-refractivity contribution < 1.29 is 4.79 Å². The van der Waals surface area contributed by atoms with Gasteiger partial charge < -0.3 is 4.57 Å². The summed E-state index contributed by atoms with van der Waals surface area (Å²) in [5, 5.41) is 10.4. The van der Waals surface area contributed by atoms with Crippen LogP contribution in [0.1, 0.15) is 10.4 Å². The Bertz CT molecular complexity index is 520. The molecule has 0 aliphatic carbocycles. The third-order valence-electron chi connectivity index (χ3n) is 2.20. The fourth-order valence-electron chi connectivity index (χ4n) is 1.41. The average Bonchev–Trinajstić information content (AvgIpc) is 2.83. The van der Waals surface area contributed by atoms with Crippen molar-refractivity contribution >= 4 is 5.91 Å². The Labute approximate surface area is 92.7 Å². The quantitative estimate of drug-likeness (QED) is 0.607. The molecule has 0 radical (unpaired) electrons. The monoisotopic (exact) mass is 211 g/mol. The molecule has 1 N–H and O–H groups in total. The van der Waals surface area contributed by atoms with E-state index in [1.807, 2.05) is 41.2 Å². The molecule has 0 spiro atoms. The molecule has 0 saturated heterocycles. The van der Waals surface area contributed by atoms with Gasteiger partial charge in [-0.15, -0.1) is 0 Å². The van der Waals surface area contributed by atoms with E-state index < -0.39 is 0 Å². The molecule has 1 aromatic heterocycles. The van der Waals surface area contributed by atoms with Crippen molar-refractivity contribution in [3.63, 3.8) is 0 Å². The predicted molar refractivity (Wildman–Crippen MR) is 58.8 cm³/mol. The molecule has 0 saturated carbocycles. The van der Waals surface area contributed by atoms with Crippen molar-refractivity contribution in [1.29, 1.82) is 5.26 Å². The number of nitrogens with one attached hydrogen (secondary N) is 1. The summed E-state index contributed by atoms with van der Waals surface area (Å²) in [6, 6.07) is 10.9. The minimum Gasteiger partial charge on any atom is -0.324 e. The lowest BCUT2D eigenvalue weighted by Crippen LogP contribution is -2.17. The van der Waals surface area contributed by atoms with E-state index in [1.165, 1.54) is 0 Å². The maximum absolute atomic E-state index is 11.3. The Morgan fingerprint density at radius 2 is 1.81 bits per heavy atom. The number of hydrogen-bond donors (Lipinski definition) is 1. The third-order valence-corrected chi connectivity index (χ3v) is 2.20. The fourth-order valence-corrected chi connectivity index (χ4v) is 1.41. The SMILES string of the molecule is N#CNC(=O)c1ccc(-n2cccc2)cc1. The molecule has 2 rings (SSSR count). The summed E-state index contributed by atoms with van der Waals surface area (Å²) in [5.41, 5.74) is 1.44. The van der Waals surface area contributed by atoms with E-state index in [-0.39, 0.29) is 5.91 Å². The number of nitriles is 1. The van der Waals surface area contributed by atoms with E-state index in [1.54, 1.807) is 18.3 Å².